The zero-order valence-electron chi connectivity index (χ0n) is 13.2. The normalized spacial score (nSPS) is 18.0. The first-order valence-corrected chi connectivity index (χ1v) is 7.97. The number of ether oxygens (including phenoxy) is 2. The summed E-state index contributed by atoms with van der Waals surface area (Å²) in [6, 6.07) is 2.22. The molecule has 1 fully saturated rings. The molecule has 1 atom stereocenters. The third-order valence-electron chi connectivity index (χ3n) is 4.06. The third-order valence-corrected chi connectivity index (χ3v) is 4.06. The Kier molecular flexibility index (Phi) is 4.77. The number of aromatic nitrogens is 3. The van der Waals surface area contributed by atoms with Gasteiger partial charge in [0.15, 0.2) is 0 Å². The molecule has 0 aliphatic carbocycles. The van der Waals surface area contributed by atoms with Gasteiger partial charge in [0, 0.05) is 18.9 Å². The maximum atomic E-state index is 5.82. The summed E-state index contributed by atoms with van der Waals surface area (Å²) >= 11 is 0. The lowest BCUT2D eigenvalue weighted by Crippen LogP contribution is -2.09. The van der Waals surface area contributed by atoms with Gasteiger partial charge < -0.3 is 14.0 Å². The van der Waals surface area contributed by atoms with Crippen molar-refractivity contribution in [3.63, 3.8) is 0 Å². The molecule has 0 N–H and O–H groups in total. The molecule has 1 aliphatic rings. The van der Waals surface area contributed by atoms with Crippen molar-refractivity contribution in [3.05, 3.63) is 29.3 Å². The summed E-state index contributed by atoms with van der Waals surface area (Å²) in [6.07, 6.45) is 6.13. The van der Waals surface area contributed by atoms with E-state index in [-0.39, 0.29) is 0 Å². The fourth-order valence-corrected chi connectivity index (χ4v) is 2.64. The van der Waals surface area contributed by atoms with Crippen LogP contribution in [0.5, 0.6) is 5.88 Å². The molecule has 6 heteroatoms. The summed E-state index contributed by atoms with van der Waals surface area (Å²) < 4.78 is 18.4. The Morgan fingerprint density at radius 3 is 3.14 bits per heavy atom. The number of rotatable bonds is 7. The number of hydrogen-bond donors (Lipinski definition) is 0. The van der Waals surface area contributed by atoms with Crippen LogP contribution in [0.15, 0.2) is 16.8 Å². The molecule has 2 aromatic rings. The van der Waals surface area contributed by atoms with Gasteiger partial charge in [-0.15, -0.1) is 5.10 Å². The molecule has 22 heavy (non-hydrogen) atoms. The number of aryl methyl sites for hydroxylation is 2. The van der Waals surface area contributed by atoms with E-state index in [1.807, 2.05) is 23.9 Å². The summed E-state index contributed by atoms with van der Waals surface area (Å²) in [5, 5.41) is 8.61. The number of unbranched alkanes of at least 4 members (excludes halogenated alkanes) is 1. The smallest absolute Gasteiger partial charge is 0.233 e. The molecule has 0 saturated carbocycles. The lowest BCUT2D eigenvalue weighted by Gasteiger charge is -2.07. The minimum Gasteiger partial charge on any atom is -0.472 e. The Hall–Kier alpha value is -1.82. The Balaban J connectivity index is 1.61. The van der Waals surface area contributed by atoms with Crippen molar-refractivity contribution in [2.75, 3.05) is 13.2 Å². The summed E-state index contributed by atoms with van der Waals surface area (Å²) in [5.74, 6) is 1.46. The molecule has 0 unspecified atom stereocenters. The first-order chi connectivity index (χ1) is 10.8. The first kappa shape index (κ1) is 15.1. The Morgan fingerprint density at radius 1 is 1.45 bits per heavy atom. The van der Waals surface area contributed by atoms with E-state index in [1.165, 1.54) is 0 Å². The second-order valence-corrected chi connectivity index (χ2v) is 5.71. The van der Waals surface area contributed by atoms with Gasteiger partial charge in [0.05, 0.1) is 23.9 Å². The van der Waals surface area contributed by atoms with Crippen LogP contribution in [-0.2, 0) is 17.8 Å². The lowest BCUT2D eigenvalue weighted by molar-refractivity contribution is 0.184. The minimum absolute atomic E-state index is 0.329. The van der Waals surface area contributed by atoms with E-state index in [4.69, 9.17) is 14.0 Å². The molecule has 0 bridgehead atoms. The van der Waals surface area contributed by atoms with Gasteiger partial charge in [-0.2, -0.15) is 0 Å². The van der Waals surface area contributed by atoms with Crippen molar-refractivity contribution in [2.45, 2.75) is 52.2 Å². The maximum absolute atomic E-state index is 5.82. The number of hydrogen-bond acceptors (Lipinski definition) is 5. The Labute approximate surface area is 130 Å². The largest absolute Gasteiger partial charge is 0.472 e. The van der Waals surface area contributed by atoms with Crippen molar-refractivity contribution in [2.24, 2.45) is 0 Å². The quantitative estimate of drug-likeness (QED) is 0.786. The van der Waals surface area contributed by atoms with Crippen LogP contribution in [0.25, 0.3) is 0 Å². The first-order valence-electron chi connectivity index (χ1n) is 7.97. The van der Waals surface area contributed by atoms with Crippen molar-refractivity contribution in [1.82, 2.24) is 14.9 Å². The van der Waals surface area contributed by atoms with E-state index in [2.05, 4.69) is 17.2 Å². The van der Waals surface area contributed by atoms with Gasteiger partial charge >= 0.3 is 0 Å². The van der Waals surface area contributed by atoms with Gasteiger partial charge in [0.2, 0.25) is 5.88 Å². The minimum atomic E-state index is 0.329. The third kappa shape index (κ3) is 3.32. The van der Waals surface area contributed by atoms with Gasteiger partial charge in [-0.05, 0) is 26.2 Å². The molecule has 0 radical (unpaired) electrons. The summed E-state index contributed by atoms with van der Waals surface area (Å²) in [6.45, 7) is 6.08. The highest BCUT2D eigenvalue weighted by Crippen LogP contribution is 2.21. The van der Waals surface area contributed by atoms with E-state index >= 15 is 0 Å². The second-order valence-electron chi connectivity index (χ2n) is 5.71. The average Bonchev–Trinajstić information content (AvgIpc) is 3.24. The van der Waals surface area contributed by atoms with Crippen LogP contribution in [-0.4, -0.2) is 28.2 Å². The molecular formula is C16H23N3O3. The van der Waals surface area contributed by atoms with Gasteiger partial charge in [-0.25, -0.2) is 0 Å². The molecule has 2 aromatic heterocycles. The standard InChI is InChI=1S/C16H23N3O3/c1-3-4-5-15-14(12(2)22-18-15)11-21-16-6-8-19(17-16)13-7-9-20-10-13/h6,8,13H,3-5,7,9-11H2,1-2H3/t13-/m0/s1. The predicted octanol–water partition coefficient (Wildman–Crippen LogP) is 3.06. The van der Waals surface area contributed by atoms with E-state index in [0.29, 0.717) is 18.5 Å². The molecule has 3 heterocycles. The van der Waals surface area contributed by atoms with Crippen LogP contribution < -0.4 is 4.74 Å². The van der Waals surface area contributed by atoms with E-state index < -0.39 is 0 Å². The van der Waals surface area contributed by atoms with Crippen molar-refractivity contribution in [1.29, 1.82) is 0 Å². The van der Waals surface area contributed by atoms with Gasteiger partial charge in [0.25, 0.3) is 0 Å². The SMILES string of the molecule is CCCCc1noc(C)c1COc1ccn([C@H]2CCOC2)n1. The van der Waals surface area contributed by atoms with Gasteiger partial charge in [-0.1, -0.05) is 18.5 Å². The topological polar surface area (TPSA) is 62.3 Å². The molecule has 1 aliphatic heterocycles. The van der Waals surface area contributed by atoms with Gasteiger partial charge in [0.1, 0.15) is 12.4 Å². The average molecular weight is 305 g/mol. The maximum Gasteiger partial charge on any atom is 0.233 e. The van der Waals surface area contributed by atoms with Crippen LogP contribution in [0, 0.1) is 6.92 Å². The molecule has 0 aromatic carbocycles. The second kappa shape index (κ2) is 6.96. The van der Waals surface area contributed by atoms with Crippen LogP contribution in [0.3, 0.4) is 0 Å². The molecule has 3 rings (SSSR count). The summed E-state index contributed by atoms with van der Waals surface area (Å²) in [7, 11) is 0. The fraction of sp³-hybridized carbons (Fsp3) is 0.625. The molecule has 6 nitrogen and oxygen atoms in total. The highest BCUT2D eigenvalue weighted by atomic mass is 16.5. The fourth-order valence-electron chi connectivity index (χ4n) is 2.64. The van der Waals surface area contributed by atoms with E-state index in [0.717, 1.165) is 55.9 Å². The lowest BCUT2D eigenvalue weighted by atomic mass is 10.1. The van der Waals surface area contributed by atoms with E-state index in [1.54, 1.807) is 0 Å². The van der Waals surface area contributed by atoms with Crippen molar-refractivity contribution >= 4 is 0 Å². The van der Waals surface area contributed by atoms with Crippen LogP contribution in [0.4, 0.5) is 0 Å². The van der Waals surface area contributed by atoms with Crippen LogP contribution in [0.2, 0.25) is 0 Å². The number of nitrogens with zero attached hydrogens (tertiary/aromatic N) is 3. The monoisotopic (exact) mass is 305 g/mol. The van der Waals surface area contributed by atoms with Crippen molar-refractivity contribution in [3.8, 4) is 5.88 Å². The highest BCUT2D eigenvalue weighted by molar-refractivity contribution is 5.22. The van der Waals surface area contributed by atoms with Crippen LogP contribution >= 0.6 is 0 Å². The van der Waals surface area contributed by atoms with E-state index in [9.17, 15) is 0 Å². The van der Waals surface area contributed by atoms with Crippen molar-refractivity contribution < 1.29 is 14.0 Å². The molecule has 0 spiro atoms. The molecule has 0 amide bonds. The summed E-state index contributed by atoms with van der Waals surface area (Å²) in [4.78, 5) is 0. The van der Waals surface area contributed by atoms with Crippen LogP contribution in [0.1, 0.15) is 49.2 Å². The van der Waals surface area contributed by atoms with Gasteiger partial charge in [-0.3, -0.25) is 4.68 Å². The molecular weight excluding hydrogens is 282 g/mol. The zero-order chi connectivity index (χ0) is 15.4. The predicted molar refractivity (Wildman–Crippen MR) is 80.9 cm³/mol. The molecule has 120 valence electrons. The highest BCUT2D eigenvalue weighted by Gasteiger charge is 2.19. The Bertz CT molecular complexity index is 600. The molecule has 1 saturated heterocycles. The zero-order valence-corrected chi connectivity index (χ0v) is 13.2. The summed E-state index contributed by atoms with van der Waals surface area (Å²) in [5.41, 5.74) is 2.05. The Morgan fingerprint density at radius 2 is 2.36 bits per heavy atom.